The average molecular weight is 451 g/mol. The van der Waals surface area contributed by atoms with Crippen LogP contribution in [-0.2, 0) is 17.6 Å². The Morgan fingerprint density at radius 3 is 2.61 bits per heavy atom. The summed E-state index contributed by atoms with van der Waals surface area (Å²) < 4.78 is 33.3. The van der Waals surface area contributed by atoms with Crippen molar-refractivity contribution in [1.82, 2.24) is 14.9 Å². The molecule has 2 aromatic heterocycles. The van der Waals surface area contributed by atoms with Gasteiger partial charge in [0.1, 0.15) is 17.3 Å². The Balaban J connectivity index is 1.27. The van der Waals surface area contributed by atoms with Gasteiger partial charge in [0.2, 0.25) is 11.8 Å². The molecule has 5 rings (SSSR count). The zero-order chi connectivity index (χ0) is 21.6. The molecule has 2 aliphatic carbocycles. The first-order chi connectivity index (χ1) is 14.9. The zero-order valence-electron chi connectivity index (χ0n) is 17.5. The van der Waals surface area contributed by atoms with Crippen molar-refractivity contribution in [2.75, 3.05) is 13.1 Å². The van der Waals surface area contributed by atoms with Crippen molar-refractivity contribution in [3.8, 4) is 5.88 Å². The number of aryl methyl sites for hydroxylation is 1. The number of carbonyl (C=O) groups is 1. The minimum atomic E-state index is -2.50. The average Bonchev–Trinajstić information content (AvgIpc) is 3.13. The highest BCUT2D eigenvalue weighted by atomic mass is 32.1. The molecular formula is C22H28F2N4O2S. The summed E-state index contributed by atoms with van der Waals surface area (Å²) in [6.45, 7) is 0.968. The number of fused-ring (bicyclic) bond motifs is 3. The molecule has 1 amide bonds. The number of alkyl halides is 2. The third-order valence-corrected chi connectivity index (χ3v) is 8.38. The molecule has 9 heteroatoms. The number of halogens is 2. The standard InChI is InChI=1S/C22H28F2N4O2S/c23-22(24)7-9-28(10-8-22)14-2-4-15(5-3-14)30-20-18-16-11-13(19(25)29)1-6-17(16)31-21(18)27-12-26-20/h12-15H,1-11H2,(H2,25,29)/t13-,14-,15-/m0/s1. The maximum atomic E-state index is 13.5. The van der Waals surface area contributed by atoms with Crippen LogP contribution in [0.25, 0.3) is 10.2 Å². The molecule has 0 bridgehead atoms. The van der Waals surface area contributed by atoms with E-state index in [2.05, 4.69) is 14.9 Å². The van der Waals surface area contributed by atoms with Crippen LogP contribution in [-0.4, -0.2) is 51.9 Å². The van der Waals surface area contributed by atoms with E-state index in [9.17, 15) is 13.6 Å². The molecule has 3 aliphatic rings. The molecule has 0 unspecified atom stereocenters. The molecule has 6 nitrogen and oxygen atoms in total. The Morgan fingerprint density at radius 2 is 1.90 bits per heavy atom. The summed E-state index contributed by atoms with van der Waals surface area (Å²) in [6.07, 6.45) is 7.48. The molecule has 1 aliphatic heterocycles. The van der Waals surface area contributed by atoms with Crippen molar-refractivity contribution < 1.29 is 18.3 Å². The fraction of sp³-hybridized carbons (Fsp3) is 0.682. The number of hydrogen-bond acceptors (Lipinski definition) is 6. The molecule has 1 saturated heterocycles. The number of rotatable bonds is 4. The van der Waals surface area contributed by atoms with Gasteiger partial charge in [-0.15, -0.1) is 11.3 Å². The van der Waals surface area contributed by atoms with Crippen molar-refractivity contribution in [2.24, 2.45) is 11.7 Å². The molecule has 1 atom stereocenters. The van der Waals surface area contributed by atoms with Crippen molar-refractivity contribution >= 4 is 27.5 Å². The van der Waals surface area contributed by atoms with Crippen LogP contribution in [0.4, 0.5) is 8.78 Å². The van der Waals surface area contributed by atoms with Crippen molar-refractivity contribution in [3.63, 3.8) is 0 Å². The maximum Gasteiger partial charge on any atom is 0.250 e. The van der Waals surface area contributed by atoms with E-state index in [0.717, 1.165) is 54.3 Å². The zero-order valence-corrected chi connectivity index (χ0v) is 18.3. The highest BCUT2D eigenvalue weighted by molar-refractivity contribution is 7.18. The number of piperidine rings is 1. The molecule has 168 valence electrons. The Bertz CT molecular complexity index is 964. The number of amides is 1. The van der Waals surface area contributed by atoms with Gasteiger partial charge in [0, 0.05) is 42.8 Å². The summed E-state index contributed by atoms with van der Waals surface area (Å²) >= 11 is 1.66. The predicted molar refractivity (Wildman–Crippen MR) is 115 cm³/mol. The molecule has 2 N–H and O–H groups in total. The second-order valence-corrected chi connectivity index (χ2v) is 10.2. The van der Waals surface area contributed by atoms with Crippen LogP contribution in [0.15, 0.2) is 6.33 Å². The Hall–Kier alpha value is -1.87. The molecule has 0 spiro atoms. The number of hydrogen-bond donors (Lipinski definition) is 1. The number of nitrogens with zero attached hydrogens (tertiary/aromatic N) is 3. The summed E-state index contributed by atoms with van der Waals surface area (Å²) in [5.41, 5.74) is 6.69. The van der Waals surface area contributed by atoms with E-state index in [1.807, 2.05) is 0 Å². The van der Waals surface area contributed by atoms with Crippen molar-refractivity contribution in [3.05, 3.63) is 16.8 Å². The molecule has 2 aromatic rings. The number of aromatic nitrogens is 2. The molecular weight excluding hydrogens is 422 g/mol. The second kappa shape index (κ2) is 8.24. The van der Waals surface area contributed by atoms with Crippen LogP contribution in [0.1, 0.15) is 55.4 Å². The second-order valence-electron chi connectivity index (χ2n) is 9.15. The molecule has 3 heterocycles. The van der Waals surface area contributed by atoms with Gasteiger partial charge < -0.3 is 10.5 Å². The third kappa shape index (κ3) is 4.26. The van der Waals surface area contributed by atoms with E-state index >= 15 is 0 Å². The topological polar surface area (TPSA) is 81.3 Å². The van der Waals surface area contributed by atoms with Gasteiger partial charge in [0.15, 0.2) is 0 Å². The van der Waals surface area contributed by atoms with Gasteiger partial charge in [0.05, 0.1) is 5.39 Å². The third-order valence-electron chi connectivity index (χ3n) is 7.18. The van der Waals surface area contributed by atoms with Crippen LogP contribution in [0.2, 0.25) is 0 Å². The van der Waals surface area contributed by atoms with Crippen molar-refractivity contribution in [1.29, 1.82) is 0 Å². The van der Waals surface area contributed by atoms with E-state index in [4.69, 9.17) is 10.5 Å². The van der Waals surface area contributed by atoms with Gasteiger partial charge in [-0.1, -0.05) is 0 Å². The lowest BCUT2D eigenvalue weighted by atomic mass is 9.87. The number of nitrogens with two attached hydrogens (primary N) is 1. The summed E-state index contributed by atoms with van der Waals surface area (Å²) in [4.78, 5) is 25.0. The first-order valence-corrected chi connectivity index (χ1v) is 12.0. The molecule has 31 heavy (non-hydrogen) atoms. The fourth-order valence-electron chi connectivity index (χ4n) is 5.31. The first kappa shape index (κ1) is 21.0. The van der Waals surface area contributed by atoms with E-state index in [0.29, 0.717) is 31.4 Å². The molecule has 2 fully saturated rings. The van der Waals surface area contributed by atoms with Crippen LogP contribution in [0, 0.1) is 5.92 Å². The predicted octanol–water partition coefficient (Wildman–Crippen LogP) is 3.70. The summed E-state index contributed by atoms with van der Waals surface area (Å²) in [5.74, 6) is -2.29. The monoisotopic (exact) mass is 450 g/mol. The van der Waals surface area contributed by atoms with Crippen LogP contribution < -0.4 is 10.5 Å². The van der Waals surface area contributed by atoms with Crippen LogP contribution in [0.5, 0.6) is 5.88 Å². The lowest BCUT2D eigenvalue weighted by molar-refractivity contribution is -0.122. The smallest absolute Gasteiger partial charge is 0.250 e. The van der Waals surface area contributed by atoms with Gasteiger partial charge in [0.25, 0.3) is 5.92 Å². The first-order valence-electron chi connectivity index (χ1n) is 11.2. The molecule has 1 saturated carbocycles. The van der Waals surface area contributed by atoms with E-state index in [-0.39, 0.29) is 30.8 Å². The van der Waals surface area contributed by atoms with Gasteiger partial charge in [-0.25, -0.2) is 18.7 Å². The van der Waals surface area contributed by atoms with E-state index in [1.54, 1.807) is 17.7 Å². The Morgan fingerprint density at radius 1 is 1.16 bits per heavy atom. The lowest BCUT2D eigenvalue weighted by Gasteiger charge is -2.40. The van der Waals surface area contributed by atoms with Gasteiger partial charge in [-0.2, -0.15) is 0 Å². The number of carbonyl (C=O) groups excluding carboxylic acids is 1. The largest absolute Gasteiger partial charge is 0.474 e. The molecule has 0 aromatic carbocycles. The normalized spacial score (nSPS) is 28.9. The van der Waals surface area contributed by atoms with Gasteiger partial charge in [-0.05, 0) is 50.5 Å². The highest BCUT2D eigenvalue weighted by Crippen LogP contribution is 2.41. The Kier molecular flexibility index (Phi) is 5.58. The van der Waals surface area contributed by atoms with Crippen LogP contribution in [0.3, 0.4) is 0 Å². The maximum absolute atomic E-state index is 13.5. The minimum absolute atomic E-state index is 0.0299. The number of primary amides is 1. The number of thiophene rings is 1. The van der Waals surface area contributed by atoms with E-state index < -0.39 is 5.92 Å². The minimum Gasteiger partial charge on any atom is -0.474 e. The Labute approximate surface area is 184 Å². The summed E-state index contributed by atoms with van der Waals surface area (Å²) in [6, 6.07) is 0.367. The summed E-state index contributed by atoms with van der Waals surface area (Å²) in [7, 11) is 0. The van der Waals surface area contributed by atoms with E-state index in [1.165, 1.54) is 4.88 Å². The van der Waals surface area contributed by atoms with Gasteiger partial charge in [-0.3, -0.25) is 9.69 Å². The number of ether oxygens (including phenoxy) is 1. The SMILES string of the molecule is NC(=O)[C@H]1CCc2sc3ncnc(O[C@H]4CC[C@H](N5CCC(F)(F)CC5)CC4)c3c2C1. The highest BCUT2D eigenvalue weighted by Gasteiger charge is 2.37. The number of likely N-dealkylation sites (tertiary alicyclic amines) is 1. The summed E-state index contributed by atoms with van der Waals surface area (Å²) in [5, 5.41) is 0.939. The van der Waals surface area contributed by atoms with Crippen LogP contribution >= 0.6 is 11.3 Å². The fourth-order valence-corrected chi connectivity index (χ4v) is 6.49. The lowest BCUT2D eigenvalue weighted by Crippen LogP contribution is -2.47. The quantitative estimate of drug-likeness (QED) is 0.768. The van der Waals surface area contributed by atoms with Crippen molar-refractivity contribution in [2.45, 2.75) is 75.9 Å². The molecule has 0 radical (unpaired) electrons. The van der Waals surface area contributed by atoms with Gasteiger partial charge >= 0.3 is 0 Å².